The highest BCUT2D eigenvalue weighted by Crippen LogP contribution is 2.34. The van der Waals surface area contributed by atoms with Gasteiger partial charge in [-0.05, 0) is 43.7 Å². The highest BCUT2D eigenvalue weighted by atomic mass is 16.5. The van der Waals surface area contributed by atoms with Gasteiger partial charge in [0, 0.05) is 38.2 Å². The molecule has 7 heteroatoms. The molecule has 2 saturated heterocycles. The summed E-state index contributed by atoms with van der Waals surface area (Å²) in [6, 6.07) is 14.3. The van der Waals surface area contributed by atoms with Crippen molar-refractivity contribution in [1.82, 2.24) is 15.1 Å². The summed E-state index contributed by atoms with van der Waals surface area (Å²) >= 11 is 0. The highest BCUT2D eigenvalue weighted by Gasteiger charge is 2.26. The lowest BCUT2D eigenvalue weighted by Gasteiger charge is -2.35. The molecule has 3 aromatic rings. The summed E-state index contributed by atoms with van der Waals surface area (Å²) in [7, 11) is 2.14. The number of nitrogens with zero attached hydrogens (tertiary/aromatic N) is 3. The Labute approximate surface area is 188 Å². The van der Waals surface area contributed by atoms with Crippen molar-refractivity contribution in [2.75, 3.05) is 50.1 Å². The summed E-state index contributed by atoms with van der Waals surface area (Å²) in [5, 5.41) is 11.8. The quantitative estimate of drug-likeness (QED) is 0.646. The lowest BCUT2D eigenvalue weighted by molar-refractivity contribution is -0.124. The number of fused-ring (bicyclic) bond motifs is 1. The van der Waals surface area contributed by atoms with Crippen molar-refractivity contribution in [1.29, 1.82) is 0 Å². The Balaban J connectivity index is 1.49. The van der Waals surface area contributed by atoms with Crippen LogP contribution in [0.4, 0.5) is 11.4 Å². The third-order valence-electron chi connectivity index (χ3n) is 6.27. The fourth-order valence-electron chi connectivity index (χ4n) is 4.35. The Morgan fingerprint density at radius 1 is 1.16 bits per heavy atom. The predicted octanol–water partition coefficient (Wildman–Crippen LogP) is 3.60. The van der Waals surface area contributed by atoms with Gasteiger partial charge in [0.1, 0.15) is 6.10 Å². The maximum atomic E-state index is 12.9. The summed E-state index contributed by atoms with van der Waals surface area (Å²) in [5.74, 6) is -0.0675. The van der Waals surface area contributed by atoms with Gasteiger partial charge in [0.2, 0.25) is 0 Å². The topological polar surface area (TPSA) is 73.5 Å². The lowest BCUT2D eigenvalue weighted by atomic mass is 10.1. The number of hydrogen-bond donors (Lipinski definition) is 2. The zero-order chi connectivity index (χ0) is 21.9. The molecule has 2 aliphatic rings. The molecular weight excluding hydrogens is 402 g/mol. The number of anilines is 2. The van der Waals surface area contributed by atoms with Gasteiger partial charge >= 0.3 is 0 Å². The van der Waals surface area contributed by atoms with Crippen LogP contribution in [0.1, 0.15) is 24.1 Å². The number of piperazine rings is 1. The number of H-pyrrole nitrogens is 1. The monoisotopic (exact) mass is 431 g/mol. The molecule has 7 nitrogen and oxygen atoms in total. The first-order valence-corrected chi connectivity index (χ1v) is 11.3. The molecule has 1 aromatic heterocycles. The van der Waals surface area contributed by atoms with Crippen molar-refractivity contribution < 1.29 is 9.53 Å². The van der Waals surface area contributed by atoms with Gasteiger partial charge in [-0.2, -0.15) is 5.10 Å². The summed E-state index contributed by atoms with van der Waals surface area (Å²) in [6.07, 6.45) is 5.39. The van der Waals surface area contributed by atoms with Crippen molar-refractivity contribution in [3.8, 4) is 0 Å². The third-order valence-corrected chi connectivity index (χ3v) is 6.27. The van der Waals surface area contributed by atoms with Crippen LogP contribution in [0.15, 0.2) is 42.5 Å². The maximum Gasteiger partial charge on any atom is 0.253 e. The lowest BCUT2D eigenvalue weighted by Crippen LogP contribution is -2.44. The molecule has 2 fully saturated rings. The number of rotatable bonds is 5. The molecule has 3 heterocycles. The Kier molecular flexibility index (Phi) is 5.92. The molecule has 0 saturated carbocycles. The van der Waals surface area contributed by atoms with Gasteiger partial charge in [-0.25, -0.2) is 0 Å². The number of hydrogen-bond acceptors (Lipinski definition) is 5. The molecule has 0 spiro atoms. The van der Waals surface area contributed by atoms with E-state index in [0.29, 0.717) is 6.61 Å². The fraction of sp³-hybridized carbons (Fsp3) is 0.360. The number of ether oxygens (including phenoxy) is 1. The van der Waals surface area contributed by atoms with Crippen LogP contribution < -0.4 is 10.2 Å². The molecule has 0 aliphatic carbocycles. The van der Waals surface area contributed by atoms with Gasteiger partial charge in [-0.15, -0.1) is 0 Å². The molecule has 0 radical (unpaired) electrons. The van der Waals surface area contributed by atoms with Gasteiger partial charge in [0.05, 0.1) is 22.6 Å². The normalized spacial score (nSPS) is 19.8. The number of carbonyl (C=O) groups is 1. The second kappa shape index (κ2) is 9.14. The summed E-state index contributed by atoms with van der Waals surface area (Å²) in [4.78, 5) is 17.5. The van der Waals surface area contributed by atoms with Crippen LogP contribution >= 0.6 is 0 Å². The number of nitrogens with one attached hydrogen (secondary N) is 2. The fourth-order valence-corrected chi connectivity index (χ4v) is 4.35. The van der Waals surface area contributed by atoms with Crippen LogP contribution in [0.5, 0.6) is 0 Å². The summed E-state index contributed by atoms with van der Waals surface area (Å²) in [6.45, 7) is 4.47. The first-order valence-electron chi connectivity index (χ1n) is 11.3. The first kappa shape index (κ1) is 20.7. The number of likely N-dealkylation sites (N-methyl/N-ethyl adjacent to an activating group) is 1. The van der Waals surface area contributed by atoms with E-state index in [9.17, 15) is 4.79 Å². The van der Waals surface area contributed by atoms with E-state index >= 15 is 0 Å². The van der Waals surface area contributed by atoms with Crippen LogP contribution in [0.2, 0.25) is 0 Å². The standard InChI is InChI=1S/C25H29N5O2/c1-29-11-13-30(14-12-29)23-17-21-19(16-22(23)26-25(31)24-8-5-15-32-24)20(27-28-21)10-9-18-6-3-2-4-7-18/h2-4,6-7,9-10,16-17,24H,5,8,11-15H2,1H3,(H,26,31)(H,27,28)/b10-9+. The molecule has 2 aliphatic heterocycles. The number of carbonyl (C=O) groups excluding carboxylic acids is 1. The minimum absolute atomic E-state index is 0.0675. The van der Waals surface area contributed by atoms with E-state index in [4.69, 9.17) is 4.74 Å². The van der Waals surface area contributed by atoms with Crippen molar-refractivity contribution in [2.45, 2.75) is 18.9 Å². The van der Waals surface area contributed by atoms with Crippen LogP contribution in [0.3, 0.4) is 0 Å². The van der Waals surface area contributed by atoms with E-state index in [1.54, 1.807) is 0 Å². The van der Waals surface area contributed by atoms with Gasteiger partial charge in [0.15, 0.2) is 0 Å². The average molecular weight is 432 g/mol. The van der Waals surface area contributed by atoms with Crippen LogP contribution in [0.25, 0.3) is 23.1 Å². The predicted molar refractivity (Wildman–Crippen MR) is 129 cm³/mol. The molecule has 166 valence electrons. The Hall–Kier alpha value is -3.16. The summed E-state index contributed by atoms with van der Waals surface area (Å²) < 4.78 is 5.61. The SMILES string of the molecule is CN1CCN(c2cc3[nH]nc(/C=C/c4ccccc4)c3cc2NC(=O)C2CCCO2)CC1. The smallest absolute Gasteiger partial charge is 0.253 e. The molecule has 1 unspecified atom stereocenters. The zero-order valence-electron chi connectivity index (χ0n) is 18.4. The zero-order valence-corrected chi connectivity index (χ0v) is 18.4. The summed E-state index contributed by atoms with van der Waals surface area (Å²) in [5.41, 5.74) is 4.77. The van der Waals surface area contributed by atoms with E-state index < -0.39 is 0 Å². The maximum absolute atomic E-state index is 12.9. The minimum atomic E-state index is -0.368. The molecule has 2 N–H and O–H groups in total. The van der Waals surface area contributed by atoms with E-state index in [-0.39, 0.29) is 12.0 Å². The Morgan fingerprint density at radius 3 is 2.72 bits per heavy atom. The number of amides is 1. The highest BCUT2D eigenvalue weighted by molar-refractivity contribution is 6.02. The number of aromatic nitrogens is 2. The second-order valence-electron chi connectivity index (χ2n) is 8.55. The van der Waals surface area contributed by atoms with Crippen LogP contribution in [-0.4, -0.2) is 66.9 Å². The largest absolute Gasteiger partial charge is 0.368 e. The molecule has 32 heavy (non-hydrogen) atoms. The number of aromatic amines is 1. The minimum Gasteiger partial charge on any atom is -0.368 e. The third kappa shape index (κ3) is 4.40. The Bertz CT molecular complexity index is 1110. The van der Waals surface area contributed by atoms with E-state index in [1.165, 1.54) is 0 Å². The van der Waals surface area contributed by atoms with E-state index in [2.05, 4.69) is 56.6 Å². The second-order valence-corrected chi connectivity index (χ2v) is 8.55. The van der Waals surface area contributed by atoms with Crippen molar-refractivity contribution in [3.63, 3.8) is 0 Å². The average Bonchev–Trinajstić information content (AvgIpc) is 3.49. The number of benzene rings is 2. The van der Waals surface area contributed by atoms with Crippen molar-refractivity contribution in [3.05, 3.63) is 53.7 Å². The molecule has 5 rings (SSSR count). The van der Waals surface area contributed by atoms with Crippen LogP contribution in [-0.2, 0) is 9.53 Å². The molecule has 1 amide bonds. The van der Waals surface area contributed by atoms with Gasteiger partial charge < -0.3 is 19.9 Å². The van der Waals surface area contributed by atoms with E-state index in [1.807, 2.05) is 30.3 Å². The van der Waals surface area contributed by atoms with Crippen LogP contribution in [0, 0.1) is 0 Å². The van der Waals surface area contributed by atoms with Crippen molar-refractivity contribution >= 4 is 40.3 Å². The van der Waals surface area contributed by atoms with Gasteiger partial charge in [-0.3, -0.25) is 9.89 Å². The molecule has 1 atom stereocenters. The van der Waals surface area contributed by atoms with Gasteiger partial charge in [0.25, 0.3) is 5.91 Å². The molecular formula is C25H29N5O2. The van der Waals surface area contributed by atoms with Gasteiger partial charge in [-0.1, -0.05) is 36.4 Å². The molecule has 0 bridgehead atoms. The van der Waals surface area contributed by atoms with Crippen molar-refractivity contribution in [2.24, 2.45) is 0 Å². The Morgan fingerprint density at radius 2 is 1.97 bits per heavy atom. The first-order chi connectivity index (χ1) is 15.7. The van der Waals surface area contributed by atoms with E-state index in [0.717, 1.165) is 72.6 Å². The molecule has 2 aromatic carbocycles.